The third-order valence-corrected chi connectivity index (χ3v) is 3.18. The monoisotopic (exact) mass is 250 g/mol. The van der Waals surface area contributed by atoms with Gasteiger partial charge in [0.05, 0.1) is 12.0 Å². The van der Waals surface area contributed by atoms with Crippen molar-refractivity contribution < 1.29 is 18.3 Å². The second-order valence-corrected chi connectivity index (χ2v) is 4.28. The summed E-state index contributed by atoms with van der Waals surface area (Å²) in [5.74, 6) is -0.00866. The Hall–Kier alpha value is -0.750. The molecule has 0 aromatic rings. The average Bonchev–Trinajstić information content (AvgIpc) is 2.77. The number of ether oxygens (including phenoxy) is 1. The number of carbonyl (C=O) groups is 1. The van der Waals surface area contributed by atoms with E-state index in [1.165, 1.54) is 0 Å². The Labute approximate surface area is 100 Å². The Morgan fingerprint density at radius 2 is 2.35 bits per heavy atom. The number of alkyl halides is 2. The van der Waals surface area contributed by atoms with Crippen LogP contribution in [0, 0.1) is 5.41 Å². The van der Waals surface area contributed by atoms with Crippen molar-refractivity contribution >= 4 is 5.91 Å². The third-order valence-electron chi connectivity index (χ3n) is 3.18. The minimum Gasteiger partial charge on any atom is -0.374 e. The number of hydrogen-bond donors (Lipinski definition) is 2. The molecule has 0 aromatic heterocycles. The summed E-state index contributed by atoms with van der Waals surface area (Å²) in [7, 11) is 0. The lowest BCUT2D eigenvalue weighted by Gasteiger charge is -2.25. The van der Waals surface area contributed by atoms with Crippen LogP contribution < -0.4 is 10.6 Å². The van der Waals surface area contributed by atoms with Crippen molar-refractivity contribution in [1.29, 1.82) is 0 Å². The molecule has 4 nitrogen and oxygen atoms in total. The van der Waals surface area contributed by atoms with Crippen molar-refractivity contribution in [3.63, 3.8) is 0 Å². The number of nitrogens with one attached hydrogen (secondary N) is 2. The Balaban J connectivity index is 2.20. The fraction of sp³-hybridized carbons (Fsp3) is 0.909. The van der Waals surface area contributed by atoms with Crippen LogP contribution >= 0.6 is 0 Å². The molecular weight excluding hydrogens is 230 g/mol. The highest BCUT2D eigenvalue weighted by Crippen LogP contribution is 2.29. The number of carbonyl (C=O) groups excluding carboxylic acids is 1. The highest BCUT2D eigenvalue weighted by Gasteiger charge is 2.38. The molecule has 100 valence electrons. The maximum absolute atomic E-state index is 11.9. The first-order chi connectivity index (χ1) is 8.10. The van der Waals surface area contributed by atoms with Crippen LogP contribution in [0.15, 0.2) is 0 Å². The molecule has 1 saturated heterocycles. The molecule has 1 atom stereocenters. The summed E-state index contributed by atoms with van der Waals surface area (Å²) in [6.45, 7) is 3.36. The van der Waals surface area contributed by atoms with Crippen LogP contribution in [0.1, 0.15) is 19.8 Å². The molecule has 1 unspecified atom stereocenters. The fourth-order valence-electron chi connectivity index (χ4n) is 2.00. The summed E-state index contributed by atoms with van der Waals surface area (Å²) >= 11 is 0. The summed E-state index contributed by atoms with van der Waals surface area (Å²) in [4.78, 5) is 11.9. The highest BCUT2D eigenvalue weighted by molar-refractivity contribution is 5.83. The minimum absolute atomic E-state index is 0.00866. The van der Waals surface area contributed by atoms with Gasteiger partial charge in [0.15, 0.2) is 0 Å². The molecule has 1 heterocycles. The SMILES string of the molecule is CCC1(C(=O)NCCOCC(F)F)CCNC1. The van der Waals surface area contributed by atoms with Crippen molar-refractivity contribution in [2.24, 2.45) is 5.41 Å². The quantitative estimate of drug-likeness (QED) is 0.656. The molecule has 17 heavy (non-hydrogen) atoms. The van der Waals surface area contributed by atoms with Crippen LogP contribution in [0.2, 0.25) is 0 Å². The number of amides is 1. The predicted octanol–water partition coefficient (Wildman–Crippen LogP) is 0.774. The first-order valence-corrected chi connectivity index (χ1v) is 5.95. The summed E-state index contributed by atoms with van der Waals surface area (Å²) in [6.07, 6.45) is -0.844. The average molecular weight is 250 g/mol. The molecule has 1 fully saturated rings. The highest BCUT2D eigenvalue weighted by atomic mass is 19.3. The maximum atomic E-state index is 11.9. The molecule has 1 rings (SSSR count). The normalized spacial score (nSPS) is 24.2. The molecule has 0 bridgehead atoms. The zero-order valence-electron chi connectivity index (χ0n) is 10.1. The smallest absolute Gasteiger partial charge is 0.261 e. The van der Waals surface area contributed by atoms with Crippen molar-refractivity contribution in [3.8, 4) is 0 Å². The van der Waals surface area contributed by atoms with Crippen LogP contribution in [-0.4, -0.2) is 45.2 Å². The molecular formula is C11H20F2N2O2. The first kappa shape index (κ1) is 14.3. The standard InChI is InChI=1S/C11H20F2N2O2/c1-2-11(3-4-14-8-11)10(16)15-5-6-17-7-9(12)13/h9,14H,2-8H2,1H3,(H,15,16). The zero-order valence-corrected chi connectivity index (χ0v) is 10.1. The van der Waals surface area contributed by atoms with Gasteiger partial charge in [0.1, 0.15) is 6.61 Å². The second-order valence-electron chi connectivity index (χ2n) is 4.28. The summed E-state index contributed by atoms with van der Waals surface area (Å²) < 4.78 is 28.2. The molecule has 1 aliphatic heterocycles. The van der Waals surface area contributed by atoms with E-state index in [1.54, 1.807) is 0 Å². The van der Waals surface area contributed by atoms with Gasteiger partial charge in [0.2, 0.25) is 5.91 Å². The molecule has 1 aliphatic rings. The van der Waals surface area contributed by atoms with Gasteiger partial charge in [0.25, 0.3) is 6.43 Å². The zero-order chi connectivity index (χ0) is 12.7. The maximum Gasteiger partial charge on any atom is 0.261 e. The predicted molar refractivity (Wildman–Crippen MR) is 60.0 cm³/mol. The van der Waals surface area contributed by atoms with Gasteiger partial charge in [-0.15, -0.1) is 0 Å². The van der Waals surface area contributed by atoms with E-state index >= 15 is 0 Å². The van der Waals surface area contributed by atoms with Gasteiger partial charge in [-0.1, -0.05) is 6.92 Å². The van der Waals surface area contributed by atoms with Gasteiger partial charge in [-0.25, -0.2) is 8.78 Å². The molecule has 0 aromatic carbocycles. The van der Waals surface area contributed by atoms with Crippen LogP contribution in [0.5, 0.6) is 0 Å². The van der Waals surface area contributed by atoms with Gasteiger partial charge >= 0.3 is 0 Å². The van der Waals surface area contributed by atoms with Crippen LogP contribution in [-0.2, 0) is 9.53 Å². The van der Waals surface area contributed by atoms with E-state index in [0.717, 1.165) is 19.4 Å². The van der Waals surface area contributed by atoms with Crippen LogP contribution in [0.25, 0.3) is 0 Å². The van der Waals surface area contributed by atoms with E-state index in [1.807, 2.05) is 6.92 Å². The first-order valence-electron chi connectivity index (χ1n) is 5.95. The number of halogens is 2. The fourth-order valence-corrected chi connectivity index (χ4v) is 2.00. The Kier molecular flexibility index (Phi) is 5.77. The van der Waals surface area contributed by atoms with E-state index in [-0.39, 0.29) is 24.5 Å². The third kappa shape index (κ3) is 4.20. The molecule has 0 saturated carbocycles. The van der Waals surface area contributed by atoms with E-state index in [4.69, 9.17) is 4.74 Å². The number of hydrogen-bond acceptors (Lipinski definition) is 3. The summed E-state index contributed by atoms with van der Waals surface area (Å²) in [5, 5.41) is 5.91. The van der Waals surface area contributed by atoms with Crippen molar-refractivity contribution in [3.05, 3.63) is 0 Å². The van der Waals surface area contributed by atoms with Crippen LogP contribution in [0.4, 0.5) is 8.78 Å². The van der Waals surface area contributed by atoms with Gasteiger partial charge in [-0.2, -0.15) is 0 Å². The summed E-state index contributed by atoms with van der Waals surface area (Å²) in [5.41, 5.74) is -0.331. The molecule has 2 N–H and O–H groups in total. The molecule has 0 radical (unpaired) electrons. The van der Waals surface area contributed by atoms with Crippen molar-refractivity contribution in [2.75, 3.05) is 32.8 Å². The largest absolute Gasteiger partial charge is 0.374 e. The summed E-state index contributed by atoms with van der Waals surface area (Å²) in [6, 6.07) is 0. The van der Waals surface area contributed by atoms with E-state index in [2.05, 4.69) is 10.6 Å². The molecule has 0 spiro atoms. The van der Waals surface area contributed by atoms with E-state index in [9.17, 15) is 13.6 Å². The number of rotatable bonds is 7. The van der Waals surface area contributed by atoms with Gasteiger partial charge in [0, 0.05) is 13.1 Å². The van der Waals surface area contributed by atoms with Gasteiger partial charge < -0.3 is 15.4 Å². The van der Waals surface area contributed by atoms with Crippen molar-refractivity contribution in [2.45, 2.75) is 26.2 Å². The Morgan fingerprint density at radius 1 is 1.59 bits per heavy atom. The lowest BCUT2D eigenvalue weighted by Crippen LogP contribution is -2.43. The van der Waals surface area contributed by atoms with E-state index in [0.29, 0.717) is 6.54 Å². The lowest BCUT2D eigenvalue weighted by atomic mass is 9.83. The van der Waals surface area contributed by atoms with E-state index < -0.39 is 13.0 Å². The minimum atomic E-state index is -2.45. The Bertz CT molecular complexity index is 244. The molecule has 0 aliphatic carbocycles. The van der Waals surface area contributed by atoms with Crippen molar-refractivity contribution in [1.82, 2.24) is 10.6 Å². The van der Waals surface area contributed by atoms with Gasteiger partial charge in [-0.05, 0) is 19.4 Å². The topological polar surface area (TPSA) is 50.4 Å². The van der Waals surface area contributed by atoms with Crippen LogP contribution in [0.3, 0.4) is 0 Å². The Morgan fingerprint density at radius 3 is 2.88 bits per heavy atom. The molecule has 1 amide bonds. The van der Waals surface area contributed by atoms with Gasteiger partial charge in [-0.3, -0.25) is 4.79 Å². The molecule has 6 heteroatoms. The lowest BCUT2D eigenvalue weighted by molar-refractivity contribution is -0.130. The second kappa shape index (κ2) is 6.86.